The molecule has 1 amide bonds. The minimum atomic E-state index is -1.01. The van der Waals surface area contributed by atoms with Gasteiger partial charge in [-0.2, -0.15) is 0 Å². The maximum Gasteiger partial charge on any atom is 0.305 e. The van der Waals surface area contributed by atoms with E-state index in [0.29, 0.717) is 30.3 Å². The summed E-state index contributed by atoms with van der Waals surface area (Å²) in [7, 11) is 0. The molecular formula is C21H23NO6. The van der Waals surface area contributed by atoms with Gasteiger partial charge in [-0.05, 0) is 38.1 Å². The minimum Gasteiger partial charge on any atom is -0.490 e. The number of hydrogen-bond donors (Lipinski definition) is 2. The molecule has 0 heterocycles. The average molecular weight is 385 g/mol. The van der Waals surface area contributed by atoms with Crippen LogP contribution in [-0.4, -0.2) is 42.5 Å². The summed E-state index contributed by atoms with van der Waals surface area (Å²) >= 11 is 0. The van der Waals surface area contributed by atoms with Crippen LogP contribution in [0.3, 0.4) is 0 Å². The lowest BCUT2D eigenvalue weighted by Crippen LogP contribution is -2.27. The molecule has 0 aromatic heterocycles. The Balaban J connectivity index is 2.30. The molecule has 0 aliphatic heterocycles. The Kier molecular flexibility index (Phi) is 7.56. The first-order valence-electron chi connectivity index (χ1n) is 9.01. The van der Waals surface area contributed by atoms with Crippen LogP contribution >= 0.6 is 0 Å². The van der Waals surface area contributed by atoms with Gasteiger partial charge in [0.25, 0.3) is 5.91 Å². The summed E-state index contributed by atoms with van der Waals surface area (Å²) in [4.78, 5) is 36.0. The van der Waals surface area contributed by atoms with E-state index in [2.05, 4.69) is 5.32 Å². The standard InChI is InChI=1S/C21H23NO6/c1-3-27-17-10-9-14(13-18(17)28-4-2)20(25)15-7-5-6-8-16(15)21(26)22-12-11-19(23)24/h5-10,13H,3-4,11-12H2,1-2H3,(H,22,26)(H,23,24). The summed E-state index contributed by atoms with van der Waals surface area (Å²) in [6.45, 7) is 4.55. The number of nitrogens with one attached hydrogen (secondary N) is 1. The van der Waals surface area contributed by atoms with E-state index in [1.165, 1.54) is 6.07 Å². The van der Waals surface area contributed by atoms with Gasteiger partial charge in [0.05, 0.1) is 25.2 Å². The van der Waals surface area contributed by atoms with Crippen molar-refractivity contribution in [2.24, 2.45) is 0 Å². The largest absolute Gasteiger partial charge is 0.490 e. The Morgan fingerprint density at radius 2 is 1.57 bits per heavy atom. The number of carboxylic acids is 1. The van der Waals surface area contributed by atoms with Crippen LogP contribution < -0.4 is 14.8 Å². The fourth-order valence-corrected chi connectivity index (χ4v) is 2.61. The third-order valence-corrected chi connectivity index (χ3v) is 3.85. The molecule has 7 heteroatoms. The SMILES string of the molecule is CCOc1ccc(C(=O)c2ccccc2C(=O)NCCC(=O)O)cc1OCC. The van der Waals surface area contributed by atoms with E-state index in [1.54, 1.807) is 36.4 Å². The molecule has 7 nitrogen and oxygen atoms in total. The third kappa shape index (κ3) is 5.33. The number of ketones is 1. The number of aliphatic carboxylic acids is 1. The van der Waals surface area contributed by atoms with Crippen LogP contribution in [0.2, 0.25) is 0 Å². The molecule has 0 radical (unpaired) electrons. The minimum absolute atomic E-state index is 0.0196. The molecule has 2 N–H and O–H groups in total. The Bertz CT molecular complexity index is 862. The van der Waals surface area contributed by atoms with Gasteiger partial charge >= 0.3 is 5.97 Å². The fourth-order valence-electron chi connectivity index (χ4n) is 2.61. The van der Waals surface area contributed by atoms with Crippen LogP contribution in [0.25, 0.3) is 0 Å². The summed E-state index contributed by atoms with van der Waals surface area (Å²) in [5.74, 6) is -0.851. The first-order chi connectivity index (χ1) is 13.5. The van der Waals surface area contributed by atoms with Crippen molar-refractivity contribution in [1.29, 1.82) is 0 Å². The predicted octanol–water partition coefficient (Wildman–Crippen LogP) is 2.92. The van der Waals surface area contributed by atoms with Gasteiger partial charge in [0.15, 0.2) is 17.3 Å². The molecule has 0 atom stereocenters. The smallest absolute Gasteiger partial charge is 0.305 e. The predicted molar refractivity (Wildman–Crippen MR) is 103 cm³/mol. The van der Waals surface area contributed by atoms with Crippen LogP contribution in [0.5, 0.6) is 11.5 Å². The fraction of sp³-hybridized carbons (Fsp3) is 0.286. The van der Waals surface area contributed by atoms with Crippen molar-refractivity contribution in [3.05, 3.63) is 59.2 Å². The van der Waals surface area contributed by atoms with E-state index < -0.39 is 11.9 Å². The zero-order chi connectivity index (χ0) is 20.5. The number of carbonyl (C=O) groups is 3. The van der Waals surface area contributed by atoms with Crippen LogP contribution in [0.15, 0.2) is 42.5 Å². The molecule has 148 valence electrons. The molecule has 2 aromatic carbocycles. The highest BCUT2D eigenvalue weighted by Crippen LogP contribution is 2.29. The van der Waals surface area contributed by atoms with Crippen molar-refractivity contribution in [1.82, 2.24) is 5.32 Å². The van der Waals surface area contributed by atoms with Crippen molar-refractivity contribution in [2.45, 2.75) is 20.3 Å². The van der Waals surface area contributed by atoms with Gasteiger partial charge in [-0.25, -0.2) is 0 Å². The van der Waals surface area contributed by atoms with Gasteiger partial charge in [0.1, 0.15) is 0 Å². The lowest BCUT2D eigenvalue weighted by molar-refractivity contribution is -0.136. The van der Waals surface area contributed by atoms with E-state index >= 15 is 0 Å². The van der Waals surface area contributed by atoms with Crippen molar-refractivity contribution >= 4 is 17.7 Å². The highest BCUT2D eigenvalue weighted by molar-refractivity contribution is 6.15. The molecule has 0 spiro atoms. The summed E-state index contributed by atoms with van der Waals surface area (Å²) in [6.07, 6.45) is -0.196. The van der Waals surface area contributed by atoms with Crippen molar-refractivity contribution in [3.8, 4) is 11.5 Å². The number of carbonyl (C=O) groups excluding carboxylic acids is 2. The monoisotopic (exact) mass is 385 g/mol. The van der Waals surface area contributed by atoms with E-state index in [0.717, 1.165) is 0 Å². The van der Waals surface area contributed by atoms with Gasteiger partial charge in [-0.1, -0.05) is 18.2 Å². The van der Waals surface area contributed by atoms with E-state index in [9.17, 15) is 14.4 Å². The molecule has 28 heavy (non-hydrogen) atoms. The van der Waals surface area contributed by atoms with Crippen LogP contribution in [0.1, 0.15) is 46.5 Å². The summed E-state index contributed by atoms with van der Waals surface area (Å²) in [5, 5.41) is 11.2. The Morgan fingerprint density at radius 3 is 2.21 bits per heavy atom. The second-order valence-corrected chi connectivity index (χ2v) is 5.80. The number of benzene rings is 2. The second kappa shape index (κ2) is 10.1. The van der Waals surface area contributed by atoms with E-state index in [4.69, 9.17) is 14.6 Å². The van der Waals surface area contributed by atoms with Gasteiger partial charge in [0, 0.05) is 17.7 Å². The average Bonchev–Trinajstić information content (AvgIpc) is 2.68. The molecule has 0 aliphatic carbocycles. The number of carboxylic acid groups (broad SMARTS) is 1. The number of hydrogen-bond acceptors (Lipinski definition) is 5. The number of rotatable bonds is 10. The van der Waals surface area contributed by atoms with Gasteiger partial charge in [-0.15, -0.1) is 0 Å². The summed E-state index contributed by atoms with van der Waals surface area (Å²) in [6, 6.07) is 11.3. The quantitative estimate of drug-likeness (QED) is 0.610. The maximum atomic E-state index is 13.0. The molecule has 2 aromatic rings. The maximum absolute atomic E-state index is 13.0. The van der Waals surface area contributed by atoms with Crippen molar-refractivity contribution in [3.63, 3.8) is 0 Å². The number of amides is 1. The first kappa shape index (κ1) is 21.0. The second-order valence-electron chi connectivity index (χ2n) is 5.80. The molecule has 0 unspecified atom stereocenters. The lowest BCUT2D eigenvalue weighted by Gasteiger charge is -2.13. The zero-order valence-electron chi connectivity index (χ0n) is 15.9. The first-order valence-corrected chi connectivity index (χ1v) is 9.01. The highest BCUT2D eigenvalue weighted by atomic mass is 16.5. The molecule has 2 rings (SSSR count). The molecule has 0 aliphatic rings. The molecule has 0 fully saturated rings. The van der Waals surface area contributed by atoms with E-state index in [1.807, 2.05) is 13.8 Å². The topological polar surface area (TPSA) is 102 Å². The highest BCUT2D eigenvalue weighted by Gasteiger charge is 2.19. The number of ether oxygens (including phenoxy) is 2. The van der Waals surface area contributed by atoms with Crippen molar-refractivity contribution < 1.29 is 29.0 Å². The molecule has 0 saturated heterocycles. The van der Waals surface area contributed by atoms with Crippen LogP contribution in [0.4, 0.5) is 0 Å². The van der Waals surface area contributed by atoms with Crippen molar-refractivity contribution in [2.75, 3.05) is 19.8 Å². The normalized spacial score (nSPS) is 10.2. The van der Waals surface area contributed by atoms with Crippen LogP contribution in [0, 0.1) is 0 Å². The Morgan fingerprint density at radius 1 is 0.929 bits per heavy atom. The van der Waals surface area contributed by atoms with Gasteiger partial charge in [0.2, 0.25) is 0 Å². The lowest BCUT2D eigenvalue weighted by atomic mass is 9.97. The Hall–Kier alpha value is -3.35. The van der Waals surface area contributed by atoms with E-state index in [-0.39, 0.29) is 29.9 Å². The molecular weight excluding hydrogens is 362 g/mol. The molecule has 0 bridgehead atoms. The van der Waals surface area contributed by atoms with Crippen LogP contribution in [-0.2, 0) is 4.79 Å². The zero-order valence-corrected chi connectivity index (χ0v) is 15.9. The van der Waals surface area contributed by atoms with Gasteiger partial charge < -0.3 is 19.9 Å². The summed E-state index contributed by atoms with van der Waals surface area (Å²) < 4.78 is 11.1. The molecule has 0 saturated carbocycles. The van der Waals surface area contributed by atoms with Gasteiger partial charge in [-0.3, -0.25) is 14.4 Å². The Labute approximate surface area is 163 Å². The summed E-state index contributed by atoms with van der Waals surface area (Å²) in [5.41, 5.74) is 0.768. The third-order valence-electron chi connectivity index (χ3n) is 3.85.